The zero-order valence-electron chi connectivity index (χ0n) is 20.6. The van der Waals surface area contributed by atoms with Crippen molar-refractivity contribution in [2.45, 2.75) is 38.5 Å². The van der Waals surface area contributed by atoms with Gasteiger partial charge in [0.2, 0.25) is 5.91 Å². The van der Waals surface area contributed by atoms with E-state index in [0.717, 1.165) is 13.1 Å². The van der Waals surface area contributed by atoms with Crippen LogP contribution in [0.15, 0.2) is 45.8 Å². The molecule has 1 saturated heterocycles. The van der Waals surface area contributed by atoms with Crippen molar-refractivity contribution in [3.05, 3.63) is 40.9 Å². The Kier molecular flexibility index (Phi) is 9.43. The molecule has 0 radical (unpaired) electrons. The third-order valence-electron chi connectivity index (χ3n) is 5.82. The highest BCUT2D eigenvalue weighted by atomic mass is 79.9. The van der Waals surface area contributed by atoms with Gasteiger partial charge in [0, 0.05) is 31.7 Å². The lowest BCUT2D eigenvalue weighted by Gasteiger charge is -2.34. The maximum Gasteiger partial charge on any atom is 0.265 e. The predicted octanol–water partition coefficient (Wildman–Crippen LogP) is 4.96. The van der Waals surface area contributed by atoms with E-state index in [9.17, 15) is 13.2 Å². The van der Waals surface area contributed by atoms with Crippen molar-refractivity contribution in [2.75, 3.05) is 43.4 Å². The van der Waals surface area contributed by atoms with Crippen molar-refractivity contribution >= 4 is 43.2 Å². The molecular weight excluding hydrogens is 534 g/mol. The van der Waals surface area contributed by atoms with Crippen LogP contribution in [0.5, 0.6) is 11.5 Å². The summed E-state index contributed by atoms with van der Waals surface area (Å²) in [5.74, 6) is 1.88. The van der Waals surface area contributed by atoms with E-state index in [2.05, 4.69) is 44.7 Å². The van der Waals surface area contributed by atoms with Crippen LogP contribution in [-0.4, -0.2) is 52.6 Å². The number of rotatable bonds is 10. The average Bonchev–Trinajstić information content (AvgIpc) is 2.79. The second kappa shape index (κ2) is 12.1. The molecule has 1 fully saturated rings. The number of ether oxygens (including phenoxy) is 2. The van der Waals surface area contributed by atoms with E-state index in [4.69, 9.17) is 9.47 Å². The Morgan fingerprint density at radius 3 is 2.37 bits per heavy atom. The number of amides is 1. The quantitative estimate of drug-likeness (QED) is 0.421. The Bertz CT molecular complexity index is 1130. The summed E-state index contributed by atoms with van der Waals surface area (Å²) in [6.45, 7) is 9.51. The van der Waals surface area contributed by atoms with E-state index in [1.807, 2.05) is 6.92 Å². The number of hydrogen-bond donors (Lipinski definition) is 2. The summed E-state index contributed by atoms with van der Waals surface area (Å²) in [5, 5.41) is 2.82. The number of halogens is 1. The number of benzene rings is 2. The minimum Gasteiger partial charge on any atom is -0.495 e. The van der Waals surface area contributed by atoms with Crippen LogP contribution in [0.25, 0.3) is 0 Å². The summed E-state index contributed by atoms with van der Waals surface area (Å²) in [6, 6.07) is 9.51. The van der Waals surface area contributed by atoms with Gasteiger partial charge in [-0.3, -0.25) is 9.52 Å². The summed E-state index contributed by atoms with van der Waals surface area (Å²) in [6.07, 6.45) is 1.56. The van der Waals surface area contributed by atoms with Gasteiger partial charge >= 0.3 is 0 Å². The Morgan fingerprint density at radius 1 is 1.09 bits per heavy atom. The number of anilines is 2. The lowest BCUT2D eigenvalue weighted by atomic mass is 9.92. The molecule has 3 rings (SSSR count). The number of carbonyl (C=O) groups is 1. The monoisotopic (exact) mass is 567 g/mol. The molecule has 35 heavy (non-hydrogen) atoms. The predicted molar refractivity (Wildman–Crippen MR) is 142 cm³/mol. The number of hydrogen-bond acceptors (Lipinski definition) is 6. The third-order valence-corrected chi connectivity index (χ3v) is 7.84. The molecule has 8 nitrogen and oxygen atoms in total. The van der Waals surface area contributed by atoms with Crippen molar-refractivity contribution in [2.24, 2.45) is 11.8 Å². The van der Waals surface area contributed by atoms with Crippen molar-refractivity contribution in [3.8, 4) is 11.5 Å². The van der Waals surface area contributed by atoms with Gasteiger partial charge in [0.1, 0.15) is 16.4 Å². The van der Waals surface area contributed by atoms with Gasteiger partial charge in [-0.05, 0) is 77.5 Å². The van der Waals surface area contributed by atoms with Gasteiger partial charge in [0.05, 0.1) is 23.9 Å². The van der Waals surface area contributed by atoms with Crippen LogP contribution < -0.4 is 19.5 Å². The van der Waals surface area contributed by atoms with Crippen molar-refractivity contribution in [3.63, 3.8) is 0 Å². The van der Waals surface area contributed by atoms with Crippen LogP contribution >= 0.6 is 15.9 Å². The summed E-state index contributed by atoms with van der Waals surface area (Å²) < 4.78 is 40.3. The maximum atomic E-state index is 13.2. The smallest absolute Gasteiger partial charge is 0.265 e. The van der Waals surface area contributed by atoms with Gasteiger partial charge in [-0.2, -0.15) is 0 Å². The molecule has 192 valence electrons. The number of carbonyl (C=O) groups excluding carboxylic acids is 1. The zero-order chi connectivity index (χ0) is 25.6. The lowest BCUT2D eigenvalue weighted by molar-refractivity contribution is -0.116. The first-order valence-electron chi connectivity index (χ1n) is 11.8. The van der Waals surface area contributed by atoms with E-state index in [1.54, 1.807) is 24.3 Å². The fourth-order valence-corrected chi connectivity index (χ4v) is 6.21. The molecule has 0 bridgehead atoms. The molecule has 10 heteroatoms. The SMILES string of the molecule is CCOc1ccc(NS(=O)(=O)c2cc(NC(=O)CCN3C[C@H](C)C[C@@H](C)C3)ccc2OC)cc1Br. The molecule has 0 aliphatic carbocycles. The van der Waals surface area contributed by atoms with E-state index < -0.39 is 10.0 Å². The molecule has 2 aromatic rings. The molecular formula is C25H34BrN3O5S. The molecule has 2 N–H and O–H groups in total. The number of sulfonamides is 1. The molecule has 1 aliphatic rings. The van der Waals surface area contributed by atoms with Gasteiger partial charge < -0.3 is 19.7 Å². The Labute approximate surface area is 216 Å². The molecule has 1 aliphatic heterocycles. The molecule has 1 heterocycles. The van der Waals surface area contributed by atoms with Crippen LogP contribution in [0.1, 0.15) is 33.6 Å². The molecule has 1 amide bonds. The van der Waals surface area contributed by atoms with Gasteiger partial charge in [0.15, 0.2) is 0 Å². The number of likely N-dealkylation sites (tertiary alicyclic amines) is 1. The summed E-state index contributed by atoms with van der Waals surface area (Å²) in [7, 11) is -2.59. The average molecular weight is 569 g/mol. The van der Waals surface area contributed by atoms with Crippen LogP contribution in [0, 0.1) is 11.8 Å². The van der Waals surface area contributed by atoms with E-state index >= 15 is 0 Å². The minimum absolute atomic E-state index is 0.0681. The second-order valence-corrected chi connectivity index (χ2v) is 11.6. The van der Waals surface area contributed by atoms with Gasteiger partial charge in [-0.1, -0.05) is 13.8 Å². The first kappa shape index (κ1) is 27.3. The molecule has 2 atom stereocenters. The topological polar surface area (TPSA) is 97.0 Å². The Balaban J connectivity index is 1.70. The summed E-state index contributed by atoms with van der Waals surface area (Å²) >= 11 is 3.39. The van der Waals surface area contributed by atoms with E-state index in [1.165, 1.54) is 25.7 Å². The molecule has 2 aromatic carbocycles. The number of nitrogens with zero attached hydrogens (tertiary/aromatic N) is 1. The Morgan fingerprint density at radius 2 is 1.74 bits per heavy atom. The standard InChI is InChI=1S/C25H34BrN3O5S/c1-5-34-22-8-7-20(13-21(22)26)28-35(31,32)24-14-19(6-9-23(24)33-4)27-25(30)10-11-29-15-17(2)12-18(3)16-29/h6-9,13-14,17-18,28H,5,10-12,15-16H2,1-4H3,(H,27,30)/t17-,18-/m1/s1. The van der Waals surface area contributed by atoms with Crippen molar-refractivity contribution < 1.29 is 22.7 Å². The summed E-state index contributed by atoms with van der Waals surface area (Å²) in [4.78, 5) is 14.8. The summed E-state index contributed by atoms with van der Waals surface area (Å²) in [5.41, 5.74) is 0.756. The highest BCUT2D eigenvalue weighted by molar-refractivity contribution is 9.10. The zero-order valence-corrected chi connectivity index (χ0v) is 23.0. The highest BCUT2D eigenvalue weighted by Gasteiger charge is 2.23. The second-order valence-electron chi connectivity index (χ2n) is 9.05. The van der Waals surface area contributed by atoms with Crippen LogP contribution in [0.3, 0.4) is 0 Å². The van der Waals surface area contributed by atoms with Crippen molar-refractivity contribution in [1.29, 1.82) is 0 Å². The highest BCUT2D eigenvalue weighted by Crippen LogP contribution is 2.32. The van der Waals surface area contributed by atoms with Crippen molar-refractivity contribution in [1.82, 2.24) is 4.90 Å². The lowest BCUT2D eigenvalue weighted by Crippen LogP contribution is -2.40. The van der Waals surface area contributed by atoms with E-state index in [0.29, 0.717) is 53.0 Å². The van der Waals surface area contributed by atoms with Crippen LogP contribution in [0.4, 0.5) is 11.4 Å². The fraction of sp³-hybridized carbons (Fsp3) is 0.480. The number of methoxy groups -OCH3 is 1. The third kappa shape index (κ3) is 7.59. The largest absolute Gasteiger partial charge is 0.495 e. The first-order valence-corrected chi connectivity index (χ1v) is 14.0. The van der Waals surface area contributed by atoms with Gasteiger partial charge in [0.25, 0.3) is 10.0 Å². The molecule has 0 spiro atoms. The molecule has 0 saturated carbocycles. The normalized spacial score (nSPS) is 18.7. The van der Waals surface area contributed by atoms with Gasteiger partial charge in [-0.25, -0.2) is 8.42 Å². The van der Waals surface area contributed by atoms with E-state index in [-0.39, 0.29) is 16.6 Å². The van der Waals surface area contributed by atoms with Crippen LogP contribution in [-0.2, 0) is 14.8 Å². The first-order chi connectivity index (χ1) is 16.6. The maximum absolute atomic E-state index is 13.2. The Hall–Kier alpha value is -2.30. The number of piperidine rings is 1. The fourth-order valence-electron chi connectivity index (χ4n) is 4.47. The van der Waals surface area contributed by atoms with Gasteiger partial charge in [-0.15, -0.1) is 0 Å². The molecule has 0 unspecified atom stereocenters. The minimum atomic E-state index is -3.99. The van der Waals surface area contributed by atoms with Crippen LogP contribution in [0.2, 0.25) is 0 Å². The molecule has 0 aromatic heterocycles. The number of nitrogens with one attached hydrogen (secondary N) is 2.